The average molecular weight is 419 g/mol. The first-order chi connectivity index (χ1) is 13.2. The number of methoxy groups -OCH3 is 1. The van der Waals surface area contributed by atoms with E-state index in [4.69, 9.17) is 4.74 Å². The molecule has 3 rings (SSSR count). The molecule has 1 heterocycles. The highest BCUT2D eigenvalue weighted by Crippen LogP contribution is 2.31. The Morgan fingerprint density at radius 2 is 1.68 bits per heavy atom. The molecule has 0 radical (unpaired) electrons. The SMILES string of the molecule is COc1ccc(N(C2=NCCCS2)S(=O)(=O)c2ccc(C(C)(C)C)cc2)cc1. The Kier molecular flexibility index (Phi) is 6.05. The number of hydrogen-bond acceptors (Lipinski definition) is 5. The summed E-state index contributed by atoms with van der Waals surface area (Å²) < 4.78 is 33.7. The topological polar surface area (TPSA) is 59.0 Å². The lowest BCUT2D eigenvalue weighted by Crippen LogP contribution is -2.36. The molecule has 150 valence electrons. The fourth-order valence-electron chi connectivity index (χ4n) is 2.87. The highest BCUT2D eigenvalue weighted by Gasteiger charge is 2.31. The van der Waals surface area contributed by atoms with E-state index in [1.807, 2.05) is 12.1 Å². The van der Waals surface area contributed by atoms with E-state index in [2.05, 4.69) is 25.8 Å². The largest absolute Gasteiger partial charge is 0.497 e. The summed E-state index contributed by atoms with van der Waals surface area (Å²) in [5, 5.41) is 0.510. The van der Waals surface area contributed by atoms with Gasteiger partial charge in [-0.25, -0.2) is 12.7 Å². The molecule has 0 aromatic heterocycles. The second-order valence-corrected chi connectivity index (χ2v) is 10.5. The van der Waals surface area contributed by atoms with Crippen LogP contribution in [0.15, 0.2) is 58.4 Å². The molecule has 28 heavy (non-hydrogen) atoms. The van der Waals surface area contributed by atoms with Crippen LogP contribution in [0.3, 0.4) is 0 Å². The van der Waals surface area contributed by atoms with Crippen LogP contribution in [0.1, 0.15) is 32.8 Å². The van der Waals surface area contributed by atoms with E-state index in [0.717, 1.165) is 17.7 Å². The third-order valence-corrected chi connectivity index (χ3v) is 7.43. The van der Waals surface area contributed by atoms with Gasteiger partial charge in [0.1, 0.15) is 5.75 Å². The van der Waals surface area contributed by atoms with Gasteiger partial charge in [-0.2, -0.15) is 0 Å². The van der Waals surface area contributed by atoms with Gasteiger partial charge < -0.3 is 4.74 Å². The first kappa shape index (κ1) is 20.7. The molecule has 5 nitrogen and oxygen atoms in total. The van der Waals surface area contributed by atoms with E-state index < -0.39 is 10.0 Å². The quantitative estimate of drug-likeness (QED) is 0.723. The molecule has 1 aliphatic heterocycles. The van der Waals surface area contributed by atoms with Crippen LogP contribution in [-0.4, -0.2) is 33.0 Å². The summed E-state index contributed by atoms with van der Waals surface area (Å²) >= 11 is 1.47. The molecule has 2 aromatic carbocycles. The summed E-state index contributed by atoms with van der Waals surface area (Å²) in [7, 11) is -2.21. The lowest BCUT2D eigenvalue weighted by molar-refractivity contribution is 0.415. The summed E-state index contributed by atoms with van der Waals surface area (Å²) in [5.41, 5.74) is 1.60. The Morgan fingerprint density at radius 1 is 1.04 bits per heavy atom. The van der Waals surface area contributed by atoms with E-state index >= 15 is 0 Å². The number of thioether (sulfide) groups is 1. The van der Waals surface area contributed by atoms with Crippen molar-refractivity contribution in [2.45, 2.75) is 37.5 Å². The number of sulfonamides is 1. The van der Waals surface area contributed by atoms with Gasteiger partial charge in [-0.3, -0.25) is 4.99 Å². The number of nitrogens with zero attached hydrogens (tertiary/aromatic N) is 2. The van der Waals surface area contributed by atoms with Gasteiger partial charge in [0.05, 0.1) is 17.7 Å². The smallest absolute Gasteiger partial charge is 0.270 e. The van der Waals surface area contributed by atoms with Gasteiger partial charge in [0.15, 0.2) is 5.17 Å². The van der Waals surface area contributed by atoms with Gasteiger partial charge in [0.2, 0.25) is 0 Å². The molecule has 0 unspecified atom stereocenters. The molecule has 1 aliphatic rings. The summed E-state index contributed by atoms with van der Waals surface area (Å²) in [4.78, 5) is 4.75. The molecule has 0 saturated carbocycles. The van der Waals surface area contributed by atoms with Crippen molar-refractivity contribution >= 4 is 32.6 Å². The number of hydrogen-bond donors (Lipinski definition) is 0. The van der Waals surface area contributed by atoms with Crippen molar-refractivity contribution in [3.05, 3.63) is 54.1 Å². The maximum Gasteiger partial charge on any atom is 0.270 e. The normalized spacial score (nSPS) is 15.1. The van der Waals surface area contributed by atoms with Crippen LogP contribution in [-0.2, 0) is 15.4 Å². The van der Waals surface area contributed by atoms with Crippen molar-refractivity contribution in [2.24, 2.45) is 4.99 Å². The summed E-state index contributed by atoms with van der Waals surface area (Å²) in [6.07, 6.45) is 0.949. The van der Waals surface area contributed by atoms with Crippen molar-refractivity contribution in [1.29, 1.82) is 0 Å². The minimum Gasteiger partial charge on any atom is -0.497 e. The number of aliphatic imine (C=N–C) groups is 1. The van der Waals surface area contributed by atoms with Gasteiger partial charge in [0, 0.05) is 12.3 Å². The number of ether oxygens (including phenoxy) is 1. The lowest BCUT2D eigenvalue weighted by Gasteiger charge is -2.27. The molecule has 0 amide bonds. The summed E-state index contributed by atoms with van der Waals surface area (Å²) in [6.45, 7) is 6.95. The van der Waals surface area contributed by atoms with Crippen molar-refractivity contribution in [2.75, 3.05) is 23.7 Å². The van der Waals surface area contributed by atoms with Crippen LogP contribution in [0, 0.1) is 0 Å². The van der Waals surface area contributed by atoms with Crippen molar-refractivity contribution in [3.63, 3.8) is 0 Å². The highest BCUT2D eigenvalue weighted by molar-refractivity contribution is 8.15. The van der Waals surface area contributed by atoms with Crippen LogP contribution in [0.25, 0.3) is 0 Å². The predicted molar refractivity (Wildman–Crippen MR) is 117 cm³/mol. The standard InChI is InChI=1S/C21H26N2O3S2/c1-21(2,3)16-6-12-19(13-7-16)28(24,25)23(20-22-14-5-15-27-20)17-8-10-18(26-4)11-9-17/h6-13H,5,14-15H2,1-4H3. The van der Waals surface area contributed by atoms with E-state index in [1.165, 1.54) is 16.1 Å². The summed E-state index contributed by atoms with van der Waals surface area (Å²) in [6, 6.07) is 14.1. The van der Waals surface area contributed by atoms with Gasteiger partial charge >= 0.3 is 0 Å². The number of benzene rings is 2. The Labute approximate surface area is 171 Å². The Balaban J connectivity index is 2.06. The number of rotatable bonds is 4. The minimum absolute atomic E-state index is 0.0404. The summed E-state index contributed by atoms with van der Waals surface area (Å²) in [5.74, 6) is 1.53. The average Bonchev–Trinajstić information content (AvgIpc) is 2.69. The van der Waals surface area contributed by atoms with Crippen molar-refractivity contribution in [1.82, 2.24) is 0 Å². The van der Waals surface area contributed by atoms with Crippen molar-refractivity contribution in [3.8, 4) is 5.75 Å². The third kappa shape index (κ3) is 4.36. The van der Waals surface area contributed by atoms with Crippen molar-refractivity contribution < 1.29 is 13.2 Å². The second-order valence-electron chi connectivity index (χ2n) is 7.61. The van der Waals surface area contributed by atoms with E-state index in [9.17, 15) is 8.42 Å². The predicted octanol–water partition coefficient (Wildman–Crippen LogP) is 4.68. The van der Waals surface area contributed by atoms with Crippen LogP contribution in [0.4, 0.5) is 5.69 Å². The minimum atomic E-state index is -3.79. The molecule has 0 spiro atoms. The first-order valence-corrected chi connectivity index (χ1v) is 11.6. The number of amidine groups is 1. The molecule has 0 aliphatic carbocycles. The van der Waals surface area contributed by atoms with Gasteiger partial charge in [-0.15, -0.1) is 0 Å². The van der Waals surface area contributed by atoms with Crippen LogP contribution >= 0.6 is 11.8 Å². The maximum atomic E-state index is 13.5. The molecule has 7 heteroatoms. The zero-order valence-corrected chi connectivity index (χ0v) is 18.3. The molecule has 0 atom stereocenters. The van der Waals surface area contributed by atoms with Gasteiger partial charge in [-0.05, 0) is 53.8 Å². The van der Waals surface area contributed by atoms with E-state index in [0.29, 0.717) is 23.1 Å². The molecule has 0 bridgehead atoms. The van der Waals surface area contributed by atoms with Crippen LogP contribution in [0.2, 0.25) is 0 Å². The lowest BCUT2D eigenvalue weighted by atomic mass is 9.87. The Morgan fingerprint density at radius 3 is 2.18 bits per heavy atom. The maximum absolute atomic E-state index is 13.5. The van der Waals surface area contributed by atoms with Gasteiger partial charge in [-0.1, -0.05) is 44.7 Å². The third-order valence-electron chi connectivity index (χ3n) is 4.52. The van der Waals surface area contributed by atoms with Crippen LogP contribution < -0.4 is 9.04 Å². The van der Waals surface area contributed by atoms with Crippen LogP contribution in [0.5, 0.6) is 5.75 Å². The van der Waals surface area contributed by atoms with Gasteiger partial charge in [0.25, 0.3) is 10.0 Å². The zero-order valence-electron chi connectivity index (χ0n) is 16.7. The second kappa shape index (κ2) is 8.17. The molecular weight excluding hydrogens is 392 g/mol. The molecule has 2 aromatic rings. The zero-order chi connectivity index (χ0) is 20.4. The number of anilines is 1. The monoisotopic (exact) mass is 418 g/mol. The molecule has 0 fully saturated rings. The Bertz CT molecular complexity index is 945. The fraction of sp³-hybridized carbons (Fsp3) is 0.381. The molecule has 0 N–H and O–H groups in total. The highest BCUT2D eigenvalue weighted by atomic mass is 32.2. The molecule has 0 saturated heterocycles. The van der Waals surface area contributed by atoms with E-state index in [1.54, 1.807) is 43.5 Å². The Hall–Kier alpha value is -1.99. The fourth-order valence-corrected chi connectivity index (χ4v) is 5.54. The molecular formula is C21H26N2O3S2. The van der Waals surface area contributed by atoms with E-state index in [-0.39, 0.29) is 10.3 Å². The first-order valence-electron chi connectivity index (χ1n) is 9.20.